The highest BCUT2D eigenvalue weighted by atomic mass is 32.2. The fourth-order valence-electron chi connectivity index (χ4n) is 4.22. The number of amides is 1. The normalized spacial score (nSPS) is 14.4. The molecule has 1 heterocycles. The molecule has 190 valence electrons. The summed E-state index contributed by atoms with van der Waals surface area (Å²) in [4.78, 5) is 17.3. The van der Waals surface area contributed by atoms with Crippen LogP contribution in [0.15, 0.2) is 77.7 Å². The van der Waals surface area contributed by atoms with E-state index in [1.165, 1.54) is 43.3 Å². The zero-order chi connectivity index (χ0) is 25.7. The summed E-state index contributed by atoms with van der Waals surface area (Å²) in [7, 11) is 0.590. The summed E-state index contributed by atoms with van der Waals surface area (Å²) < 4.78 is 38.0. The molecule has 1 fully saturated rings. The molecule has 0 saturated carbocycles. The van der Waals surface area contributed by atoms with E-state index in [-0.39, 0.29) is 10.8 Å². The van der Waals surface area contributed by atoms with E-state index in [0.717, 1.165) is 19.6 Å². The SMILES string of the molecule is COc1ccc(S(=O)(=O)N(C)c2ccc(C(=O)N3CCN(Cc4ccccc4)CC3)cc2)cc1OC. The average Bonchev–Trinajstić information content (AvgIpc) is 2.93. The molecule has 0 radical (unpaired) electrons. The first-order chi connectivity index (χ1) is 17.3. The van der Waals surface area contributed by atoms with Crippen LogP contribution in [0.3, 0.4) is 0 Å². The van der Waals surface area contributed by atoms with Crippen LogP contribution >= 0.6 is 0 Å². The van der Waals surface area contributed by atoms with Gasteiger partial charge in [0.15, 0.2) is 11.5 Å². The molecule has 1 saturated heterocycles. The van der Waals surface area contributed by atoms with E-state index in [2.05, 4.69) is 17.0 Å². The lowest BCUT2D eigenvalue weighted by Crippen LogP contribution is -2.48. The van der Waals surface area contributed by atoms with Gasteiger partial charge < -0.3 is 14.4 Å². The van der Waals surface area contributed by atoms with Crippen LogP contribution < -0.4 is 13.8 Å². The number of carbonyl (C=O) groups excluding carboxylic acids is 1. The predicted octanol–water partition coefficient (Wildman–Crippen LogP) is 3.49. The van der Waals surface area contributed by atoms with E-state index in [1.807, 2.05) is 23.1 Å². The van der Waals surface area contributed by atoms with Crippen molar-refractivity contribution in [2.45, 2.75) is 11.4 Å². The van der Waals surface area contributed by atoms with Crippen LogP contribution in [-0.4, -0.2) is 71.6 Å². The summed E-state index contributed by atoms with van der Waals surface area (Å²) in [6.45, 7) is 3.80. The second kappa shape index (κ2) is 11.0. The van der Waals surface area contributed by atoms with Crippen molar-refractivity contribution in [3.63, 3.8) is 0 Å². The molecule has 1 amide bonds. The minimum absolute atomic E-state index is 0.0497. The summed E-state index contributed by atoms with van der Waals surface area (Å²) >= 11 is 0. The third-order valence-electron chi connectivity index (χ3n) is 6.40. The standard InChI is InChI=1S/C27H31N3O5S/c1-28(36(32,33)24-13-14-25(34-2)26(19-24)35-3)23-11-9-22(10-12-23)27(31)30-17-15-29(16-18-30)20-21-7-5-4-6-8-21/h4-14,19H,15-18,20H2,1-3H3. The van der Waals surface area contributed by atoms with Gasteiger partial charge >= 0.3 is 0 Å². The Morgan fingerprint density at radius 3 is 2.11 bits per heavy atom. The molecule has 3 aromatic carbocycles. The zero-order valence-electron chi connectivity index (χ0n) is 20.8. The number of nitrogens with zero attached hydrogens (tertiary/aromatic N) is 3. The Kier molecular flexibility index (Phi) is 7.81. The van der Waals surface area contributed by atoms with Crippen LogP contribution in [0.5, 0.6) is 11.5 Å². The van der Waals surface area contributed by atoms with Crippen LogP contribution in [0.2, 0.25) is 0 Å². The topological polar surface area (TPSA) is 79.4 Å². The number of benzene rings is 3. The minimum atomic E-state index is -3.84. The molecule has 1 aliphatic rings. The average molecular weight is 510 g/mol. The first-order valence-corrected chi connectivity index (χ1v) is 13.1. The van der Waals surface area contributed by atoms with Gasteiger partial charge in [0.25, 0.3) is 15.9 Å². The summed E-state index contributed by atoms with van der Waals surface area (Å²) in [5.41, 5.74) is 2.25. The smallest absolute Gasteiger partial charge is 0.264 e. The van der Waals surface area contributed by atoms with Crippen molar-refractivity contribution in [3.05, 3.63) is 83.9 Å². The quantitative estimate of drug-likeness (QED) is 0.463. The molecule has 9 heteroatoms. The first-order valence-electron chi connectivity index (χ1n) is 11.7. The molecule has 0 aromatic heterocycles. The summed E-state index contributed by atoms with van der Waals surface area (Å²) in [5.74, 6) is 0.728. The Balaban J connectivity index is 1.40. The maximum Gasteiger partial charge on any atom is 0.264 e. The van der Waals surface area contributed by atoms with Gasteiger partial charge in [-0.2, -0.15) is 0 Å². The van der Waals surface area contributed by atoms with Gasteiger partial charge in [-0.3, -0.25) is 14.0 Å². The summed E-state index contributed by atoms with van der Waals surface area (Å²) in [5, 5.41) is 0. The van der Waals surface area contributed by atoms with Gasteiger partial charge in [0.2, 0.25) is 0 Å². The molecule has 36 heavy (non-hydrogen) atoms. The Morgan fingerprint density at radius 2 is 1.50 bits per heavy atom. The number of carbonyl (C=O) groups is 1. The maximum absolute atomic E-state index is 13.2. The predicted molar refractivity (Wildman–Crippen MR) is 139 cm³/mol. The number of piperazine rings is 1. The molecule has 0 bridgehead atoms. The molecule has 1 aliphatic heterocycles. The molecule has 4 rings (SSSR count). The third-order valence-corrected chi connectivity index (χ3v) is 8.18. The molecule has 0 aliphatic carbocycles. The Morgan fingerprint density at radius 1 is 0.861 bits per heavy atom. The van der Waals surface area contributed by atoms with Gasteiger partial charge in [-0.1, -0.05) is 30.3 Å². The summed E-state index contributed by atoms with van der Waals surface area (Å²) in [6.07, 6.45) is 0. The minimum Gasteiger partial charge on any atom is -0.493 e. The lowest BCUT2D eigenvalue weighted by atomic mass is 10.1. The van der Waals surface area contributed by atoms with E-state index in [0.29, 0.717) is 35.8 Å². The largest absolute Gasteiger partial charge is 0.493 e. The number of hydrogen-bond acceptors (Lipinski definition) is 6. The molecule has 3 aromatic rings. The van der Waals surface area contributed by atoms with Gasteiger partial charge in [0.1, 0.15) is 0 Å². The van der Waals surface area contributed by atoms with Crippen molar-refractivity contribution < 1.29 is 22.7 Å². The fraction of sp³-hybridized carbons (Fsp3) is 0.296. The van der Waals surface area contributed by atoms with Crippen molar-refractivity contribution >= 4 is 21.6 Å². The molecule has 8 nitrogen and oxygen atoms in total. The van der Waals surface area contributed by atoms with Gasteiger partial charge in [0.05, 0.1) is 24.8 Å². The van der Waals surface area contributed by atoms with Crippen LogP contribution in [0.25, 0.3) is 0 Å². The number of sulfonamides is 1. The molecule has 0 atom stereocenters. The van der Waals surface area contributed by atoms with E-state index in [9.17, 15) is 13.2 Å². The molecule has 0 unspecified atom stereocenters. The Bertz CT molecular complexity index is 1290. The second-order valence-corrected chi connectivity index (χ2v) is 10.6. The highest BCUT2D eigenvalue weighted by Crippen LogP contribution is 2.31. The van der Waals surface area contributed by atoms with E-state index >= 15 is 0 Å². The summed E-state index contributed by atoms with van der Waals surface area (Å²) in [6, 6.07) is 21.4. The lowest BCUT2D eigenvalue weighted by Gasteiger charge is -2.34. The van der Waals surface area contributed by atoms with Crippen LogP contribution in [0.4, 0.5) is 5.69 Å². The molecule has 0 N–H and O–H groups in total. The van der Waals surface area contributed by atoms with Crippen molar-refractivity contribution in [1.29, 1.82) is 0 Å². The second-order valence-electron chi connectivity index (χ2n) is 8.59. The molecular formula is C27H31N3O5S. The van der Waals surface area contributed by atoms with E-state index < -0.39 is 10.0 Å². The zero-order valence-corrected chi connectivity index (χ0v) is 21.6. The third kappa shape index (κ3) is 5.47. The number of methoxy groups -OCH3 is 2. The van der Waals surface area contributed by atoms with Crippen LogP contribution in [0, 0.1) is 0 Å². The monoisotopic (exact) mass is 509 g/mol. The Hall–Kier alpha value is -3.56. The van der Waals surface area contributed by atoms with Crippen LogP contribution in [-0.2, 0) is 16.6 Å². The van der Waals surface area contributed by atoms with Crippen molar-refractivity contribution in [3.8, 4) is 11.5 Å². The fourth-order valence-corrected chi connectivity index (χ4v) is 5.43. The van der Waals surface area contributed by atoms with Gasteiger partial charge in [0, 0.05) is 51.4 Å². The number of rotatable bonds is 8. The van der Waals surface area contributed by atoms with Crippen molar-refractivity contribution in [2.75, 3.05) is 51.8 Å². The van der Waals surface area contributed by atoms with Gasteiger partial charge in [-0.05, 0) is 42.0 Å². The number of anilines is 1. The highest BCUT2D eigenvalue weighted by Gasteiger charge is 2.25. The van der Waals surface area contributed by atoms with E-state index in [1.54, 1.807) is 30.3 Å². The molecular weight excluding hydrogens is 478 g/mol. The van der Waals surface area contributed by atoms with Crippen LogP contribution in [0.1, 0.15) is 15.9 Å². The number of hydrogen-bond donors (Lipinski definition) is 0. The molecule has 0 spiro atoms. The first kappa shape index (κ1) is 25.5. The van der Waals surface area contributed by atoms with Crippen molar-refractivity contribution in [1.82, 2.24) is 9.80 Å². The number of ether oxygens (including phenoxy) is 2. The van der Waals surface area contributed by atoms with Gasteiger partial charge in [-0.15, -0.1) is 0 Å². The van der Waals surface area contributed by atoms with Crippen molar-refractivity contribution in [2.24, 2.45) is 0 Å². The Labute approximate surface area is 212 Å². The van der Waals surface area contributed by atoms with Gasteiger partial charge in [-0.25, -0.2) is 8.42 Å². The van der Waals surface area contributed by atoms with E-state index in [4.69, 9.17) is 9.47 Å². The highest BCUT2D eigenvalue weighted by molar-refractivity contribution is 7.92. The lowest BCUT2D eigenvalue weighted by molar-refractivity contribution is 0.0628. The maximum atomic E-state index is 13.2.